The van der Waals surface area contributed by atoms with E-state index in [1.165, 1.54) is 0 Å². The fraction of sp³-hybridized carbons (Fsp3) is 0.625. The molecule has 1 aromatic carbocycles. The second-order valence-corrected chi connectivity index (χ2v) is 9.09. The monoisotopic (exact) mass is 496 g/mol. The van der Waals surface area contributed by atoms with Gasteiger partial charge in [0.05, 0.1) is 0 Å². The molecule has 10 heteroatoms. The van der Waals surface area contributed by atoms with Crippen molar-refractivity contribution in [3.05, 3.63) is 29.3 Å². The number of nitrogens with zero attached hydrogens (tertiary/aromatic N) is 3. The van der Waals surface area contributed by atoms with Crippen LogP contribution in [0.3, 0.4) is 0 Å². The van der Waals surface area contributed by atoms with Gasteiger partial charge in [-0.2, -0.15) is 12.6 Å². The van der Waals surface area contributed by atoms with Crippen LogP contribution in [0.4, 0.5) is 4.79 Å². The normalized spacial score (nSPS) is 11.1. The van der Waals surface area contributed by atoms with Crippen LogP contribution in [0, 0.1) is 6.92 Å². The van der Waals surface area contributed by atoms with Crippen LogP contribution >= 0.6 is 12.6 Å². The number of carbonyl (C=O) groups excluding carboxylic acids is 3. The van der Waals surface area contributed by atoms with Gasteiger partial charge in [0.15, 0.2) is 5.78 Å². The van der Waals surface area contributed by atoms with Crippen LogP contribution in [0.25, 0.3) is 0 Å². The highest BCUT2D eigenvalue weighted by Crippen LogP contribution is 2.20. The summed E-state index contributed by atoms with van der Waals surface area (Å²) in [5, 5.41) is 2.62. The number of hydrogen-bond donors (Lipinski definition) is 2. The zero-order valence-corrected chi connectivity index (χ0v) is 22.0. The molecule has 0 radical (unpaired) electrons. The number of Topliss-reactive ketones (excluding diaryl/α,β-unsaturated/α-hetero) is 1. The second kappa shape index (κ2) is 16.5. The molecule has 192 valence electrons. The van der Waals surface area contributed by atoms with Crippen molar-refractivity contribution in [3.8, 4) is 5.75 Å². The lowest BCUT2D eigenvalue weighted by Crippen LogP contribution is -2.37. The molecule has 9 nitrogen and oxygen atoms in total. The molecule has 2 amide bonds. The highest BCUT2D eigenvalue weighted by atomic mass is 32.1. The van der Waals surface area contributed by atoms with Gasteiger partial charge in [0, 0.05) is 31.0 Å². The zero-order chi connectivity index (χ0) is 25.5. The lowest BCUT2D eigenvalue weighted by atomic mass is 10.1. The van der Waals surface area contributed by atoms with Crippen LogP contribution in [0.1, 0.15) is 28.8 Å². The van der Waals surface area contributed by atoms with Crippen LogP contribution in [0.2, 0.25) is 0 Å². The molecule has 0 unspecified atom stereocenters. The predicted molar refractivity (Wildman–Crippen MR) is 137 cm³/mol. The van der Waals surface area contributed by atoms with E-state index in [9.17, 15) is 14.4 Å². The Morgan fingerprint density at radius 2 is 1.56 bits per heavy atom. The summed E-state index contributed by atoms with van der Waals surface area (Å²) >= 11 is 4.01. The van der Waals surface area contributed by atoms with Gasteiger partial charge in [0.2, 0.25) is 5.91 Å². The molecule has 0 saturated heterocycles. The minimum absolute atomic E-state index is 0.189. The van der Waals surface area contributed by atoms with Crippen molar-refractivity contribution in [1.29, 1.82) is 0 Å². The first-order valence-corrected chi connectivity index (χ1v) is 12.1. The molecule has 0 atom stereocenters. The van der Waals surface area contributed by atoms with E-state index in [1.54, 1.807) is 30.0 Å². The van der Waals surface area contributed by atoms with Crippen molar-refractivity contribution in [3.63, 3.8) is 0 Å². The maximum Gasteiger partial charge on any atom is 0.415 e. The molecule has 34 heavy (non-hydrogen) atoms. The van der Waals surface area contributed by atoms with Crippen molar-refractivity contribution in [2.75, 3.05) is 79.9 Å². The first-order valence-electron chi connectivity index (χ1n) is 11.5. The van der Waals surface area contributed by atoms with Gasteiger partial charge >= 0.3 is 6.09 Å². The number of rotatable bonds is 16. The lowest BCUT2D eigenvalue weighted by Gasteiger charge is -2.24. The predicted octanol–water partition coefficient (Wildman–Crippen LogP) is 1.94. The Morgan fingerprint density at radius 1 is 0.941 bits per heavy atom. The van der Waals surface area contributed by atoms with E-state index in [0.29, 0.717) is 42.3 Å². The highest BCUT2D eigenvalue weighted by molar-refractivity contribution is 7.80. The number of ketones is 1. The maximum atomic E-state index is 12.9. The fourth-order valence-electron chi connectivity index (χ4n) is 3.11. The van der Waals surface area contributed by atoms with E-state index in [4.69, 9.17) is 9.47 Å². The van der Waals surface area contributed by atoms with Crippen molar-refractivity contribution in [1.82, 2.24) is 20.0 Å². The first kappa shape index (κ1) is 29.9. The number of carbonyl (C=O) groups is 3. The summed E-state index contributed by atoms with van der Waals surface area (Å²) in [5.74, 6) is 0.405. The van der Waals surface area contributed by atoms with Gasteiger partial charge in [0.1, 0.15) is 19.0 Å². The average Bonchev–Trinajstić information content (AvgIpc) is 2.77. The van der Waals surface area contributed by atoms with Gasteiger partial charge in [-0.05, 0) is 84.8 Å². The second-order valence-electron chi connectivity index (χ2n) is 8.64. The van der Waals surface area contributed by atoms with Crippen LogP contribution in [0.15, 0.2) is 18.2 Å². The Balaban J connectivity index is 2.68. The number of benzene rings is 1. The standard InChI is InChI=1S/C24H40N4O5S/c1-19-16-20(21(29)17-32-18-23(30)25-10-15-34)8-9-22(19)33-24(31)28(13-6-11-26(2)3)14-7-12-27(4)5/h8-9,16,34H,6-7,10-15,17-18H2,1-5H3,(H,25,30). The first-order chi connectivity index (χ1) is 16.1. The zero-order valence-electron chi connectivity index (χ0n) is 21.1. The molecule has 1 aromatic rings. The SMILES string of the molecule is Cc1cc(C(=O)COCC(=O)NCCS)ccc1OC(=O)N(CCCN(C)C)CCCN(C)C. The number of nitrogens with one attached hydrogen (secondary N) is 1. The van der Waals surface area contributed by atoms with Crippen LogP contribution in [-0.4, -0.2) is 112 Å². The largest absolute Gasteiger partial charge is 0.415 e. The lowest BCUT2D eigenvalue weighted by molar-refractivity contribution is -0.125. The Kier molecular flexibility index (Phi) is 14.5. The molecule has 1 rings (SSSR count). The smallest absolute Gasteiger partial charge is 0.410 e. The Hall–Kier alpha value is -2.14. The molecule has 0 bridgehead atoms. The van der Waals surface area contributed by atoms with Gasteiger partial charge in [0.25, 0.3) is 0 Å². The van der Waals surface area contributed by atoms with Crippen LogP contribution in [-0.2, 0) is 9.53 Å². The van der Waals surface area contributed by atoms with E-state index in [2.05, 4.69) is 27.7 Å². The average molecular weight is 497 g/mol. The van der Waals surface area contributed by atoms with E-state index in [0.717, 1.165) is 25.9 Å². The van der Waals surface area contributed by atoms with Gasteiger partial charge in [-0.15, -0.1) is 0 Å². The summed E-state index contributed by atoms with van der Waals surface area (Å²) in [5.41, 5.74) is 1.11. The Bertz CT molecular complexity index is 775. The molecule has 0 aliphatic rings. The number of amides is 2. The van der Waals surface area contributed by atoms with Crippen LogP contribution in [0.5, 0.6) is 5.75 Å². The summed E-state index contributed by atoms with van der Waals surface area (Å²) in [7, 11) is 8.02. The Morgan fingerprint density at radius 3 is 2.09 bits per heavy atom. The van der Waals surface area contributed by atoms with E-state index < -0.39 is 6.09 Å². The van der Waals surface area contributed by atoms with Gasteiger partial charge < -0.3 is 29.5 Å². The number of aryl methyl sites for hydroxylation is 1. The molecular weight excluding hydrogens is 456 g/mol. The summed E-state index contributed by atoms with van der Waals surface area (Å²) in [6.45, 7) is 4.81. The molecule has 1 N–H and O–H groups in total. The molecule has 0 aliphatic carbocycles. The Labute approximate surface area is 209 Å². The van der Waals surface area contributed by atoms with E-state index >= 15 is 0 Å². The van der Waals surface area contributed by atoms with Crippen molar-refractivity contribution in [2.24, 2.45) is 0 Å². The van der Waals surface area contributed by atoms with Crippen molar-refractivity contribution < 1.29 is 23.9 Å². The highest BCUT2D eigenvalue weighted by Gasteiger charge is 2.18. The molecule has 0 aliphatic heterocycles. The van der Waals surface area contributed by atoms with Crippen LogP contribution < -0.4 is 10.1 Å². The summed E-state index contributed by atoms with van der Waals surface area (Å²) in [4.78, 5) is 42.7. The topological polar surface area (TPSA) is 91.4 Å². The molecular formula is C24H40N4O5S. The fourth-order valence-corrected chi connectivity index (χ4v) is 3.22. The number of hydrogen-bond acceptors (Lipinski definition) is 8. The minimum Gasteiger partial charge on any atom is -0.410 e. The van der Waals surface area contributed by atoms with E-state index in [-0.39, 0.29) is 24.9 Å². The third kappa shape index (κ3) is 12.4. The van der Waals surface area contributed by atoms with Crippen molar-refractivity contribution >= 4 is 30.4 Å². The van der Waals surface area contributed by atoms with Crippen molar-refractivity contribution in [2.45, 2.75) is 19.8 Å². The molecule has 0 aromatic heterocycles. The maximum absolute atomic E-state index is 12.9. The summed E-state index contributed by atoms with van der Waals surface area (Å²) in [6.07, 6.45) is 1.31. The summed E-state index contributed by atoms with van der Waals surface area (Å²) < 4.78 is 10.9. The van der Waals surface area contributed by atoms with Gasteiger partial charge in [-0.25, -0.2) is 4.79 Å². The van der Waals surface area contributed by atoms with E-state index in [1.807, 2.05) is 28.2 Å². The number of ether oxygens (including phenoxy) is 2. The molecule has 0 spiro atoms. The quantitative estimate of drug-likeness (QED) is 0.267. The minimum atomic E-state index is -0.393. The molecule has 0 saturated carbocycles. The third-order valence-electron chi connectivity index (χ3n) is 4.92. The molecule has 0 heterocycles. The van der Waals surface area contributed by atoms with Gasteiger partial charge in [-0.3, -0.25) is 9.59 Å². The summed E-state index contributed by atoms with van der Waals surface area (Å²) in [6, 6.07) is 4.89. The number of thiol groups is 1. The third-order valence-corrected chi connectivity index (χ3v) is 5.14. The molecule has 0 fully saturated rings. The van der Waals surface area contributed by atoms with Gasteiger partial charge in [-0.1, -0.05) is 0 Å².